The number of rotatable bonds is 4. The number of nitrogens with zero attached hydrogens (tertiary/aromatic N) is 2. The Morgan fingerprint density at radius 1 is 1.08 bits per heavy atom. The standard InChI is InChI=1S/C29H29N5O4/c1-34-24(11-14-30-34)26(35)33-25(21-8-4-6-18-5-2-3-7-20(18)21)27(36)31-19-9-10-22-23(17-19)32-28(37)29(22)12-15-38-16-13-29/h2-3,5,7,9-11,14,17H,4,6,8,12-13,15-16H2,1H3,(H,31,36)(H,32,37)(H,33,35)/b25-21-. The number of amides is 3. The summed E-state index contributed by atoms with van der Waals surface area (Å²) in [6.45, 7) is 1.08. The normalized spacial score (nSPS) is 18.8. The molecule has 9 nitrogen and oxygen atoms in total. The Morgan fingerprint density at radius 2 is 1.89 bits per heavy atom. The average Bonchev–Trinajstić information content (AvgIpc) is 3.47. The maximum atomic E-state index is 13.8. The van der Waals surface area contributed by atoms with Gasteiger partial charge in [-0.1, -0.05) is 30.3 Å². The third-order valence-corrected chi connectivity index (χ3v) is 7.86. The van der Waals surface area contributed by atoms with Crippen LogP contribution in [0, 0.1) is 0 Å². The number of ether oxygens (including phenoxy) is 1. The van der Waals surface area contributed by atoms with Crippen LogP contribution in [0.15, 0.2) is 60.4 Å². The van der Waals surface area contributed by atoms with Crippen molar-refractivity contribution in [3.8, 4) is 0 Å². The molecule has 1 saturated heterocycles. The Hall–Kier alpha value is -4.24. The molecular weight excluding hydrogens is 482 g/mol. The Labute approximate surface area is 220 Å². The lowest BCUT2D eigenvalue weighted by atomic mass is 9.75. The molecule has 1 aliphatic carbocycles. The largest absolute Gasteiger partial charge is 0.381 e. The third-order valence-electron chi connectivity index (χ3n) is 7.86. The highest BCUT2D eigenvalue weighted by atomic mass is 16.5. The molecule has 3 amide bonds. The number of carbonyl (C=O) groups excluding carboxylic acids is 3. The van der Waals surface area contributed by atoms with Crippen LogP contribution < -0.4 is 16.0 Å². The predicted octanol–water partition coefficient (Wildman–Crippen LogP) is 3.54. The van der Waals surface area contributed by atoms with Crippen molar-refractivity contribution < 1.29 is 19.1 Å². The fourth-order valence-corrected chi connectivity index (χ4v) is 5.84. The SMILES string of the molecule is Cn1nccc1C(=O)N/C(C(=O)Nc1ccc2c(c1)NC(=O)C21CCOCC1)=C1/CCCc2ccccc21. The van der Waals surface area contributed by atoms with E-state index in [2.05, 4.69) is 27.1 Å². The molecule has 2 aliphatic heterocycles. The van der Waals surface area contributed by atoms with Gasteiger partial charge < -0.3 is 20.7 Å². The van der Waals surface area contributed by atoms with Crippen molar-refractivity contribution in [3.05, 3.63) is 82.8 Å². The van der Waals surface area contributed by atoms with Gasteiger partial charge in [-0.25, -0.2) is 0 Å². The second-order valence-electron chi connectivity index (χ2n) is 10.0. The molecule has 3 heterocycles. The van der Waals surface area contributed by atoms with E-state index in [0.717, 1.165) is 35.1 Å². The zero-order valence-electron chi connectivity index (χ0n) is 21.2. The van der Waals surface area contributed by atoms with Gasteiger partial charge >= 0.3 is 0 Å². The van der Waals surface area contributed by atoms with Crippen LogP contribution in [0.5, 0.6) is 0 Å². The smallest absolute Gasteiger partial charge is 0.274 e. The maximum Gasteiger partial charge on any atom is 0.274 e. The first-order valence-corrected chi connectivity index (χ1v) is 12.9. The number of anilines is 2. The van der Waals surface area contributed by atoms with Crippen LogP contribution in [-0.2, 0) is 33.2 Å². The maximum absolute atomic E-state index is 13.8. The molecule has 38 heavy (non-hydrogen) atoms. The lowest BCUT2D eigenvalue weighted by molar-refractivity contribution is -0.124. The topological polar surface area (TPSA) is 114 Å². The van der Waals surface area contributed by atoms with Crippen LogP contribution in [0.25, 0.3) is 5.57 Å². The van der Waals surface area contributed by atoms with Crippen molar-refractivity contribution in [1.82, 2.24) is 15.1 Å². The van der Waals surface area contributed by atoms with Gasteiger partial charge in [0.1, 0.15) is 11.4 Å². The van der Waals surface area contributed by atoms with Crippen LogP contribution in [0.3, 0.4) is 0 Å². The highest BCUT2D eigenvalue weighted by Crippen LogP contribution is 2.45. The van der Waals surface area contributed by atoms with Crippen LogP contribution in [-0.4, -0.2) is 40.7 Å². The molecule has 1 aromatic heterocycles. The number of nitrogens with one attached hydrogen (secondary N) is 3. The first-order chi connectivity index (χ1) is 18.5. The Balaban J connectivity index is 1.34. The number of hydrogen-bond acceptors (Lipinski definition) is 5. The van der Waals surface area contributed by atoms with E-state index in [4.69, 9.17) is 4.74 Å². The van der Waals surface area contributed by atoms with Gasteiger partial charge in [-0.05, 0) is 72.6 Å². The van der Waals surface area contributed by atoms with E-state index < -0.39 is 17.2 Å². The van der Waals surface area contributed by atoms with Crippen LogP contribution in [0.4, 0.5) is 11.4 Å². The summed E-state index contributed by atoms with van der Waals surface area (Å²) in [4.78, 5) is 39.8. The minimum absolute atomic E-state index is 0.0238. The number of allylic oxidation sites excluding steroid dienone is 1. The molecule has 0 atom stereocenters. The van der Waals surface area contributed by atoms with E-state index in [-0.39, 0.29) is 11.6 Å². The third kappa shape index (κ3) is 4.09. The average molecular weight is 512 g/mol. The molecule has 1 spiro atoms. The monoisotopic (exact) mass is 511 g/mol. The van der Waals surface area contributed by atoms with Crippen molar-refractivity contribution in [3.63, 3.8) is 0 Å². The number of hydrogen-bond donors (Lipinski definition) is 3. The van der Waals surface area contributed by atoms with E-state index in [0.29, 0.717) is 49.5 Å². The van der Waals surface area contributed by atoms with E-state index in [1.165, 1.54) is 4.68 Å². The predicted molar refractivity (Wildman–Crippen MR) is 142 cm³/mol. The molecule has 2 aromatic carbocycles. The second-order valence-corrected chi connectivity index (χ2v) is 10.0. The van der Waals surface area contributed by atoms with E-state index in [1.54, 1.807) is 25.4 Å². The molecule has 194 valence electrons. The summed E-state index contributed by atoms with van der Waals surface area (Å²) in [7, 11) is 1.68. The van der Waals surface area contributed by atoms with E-state index >= 15 is 0 Å². The molecule has 1 fully saturated rings. The molecule has 0 unspecified atom stereocenters. The van der Waals surface area contributed by atoms with Gasteiger partial charge in [0.2, 0.25) is 5.91 Å². The van der Waals surface area contributed by atoms with Crippen LogP contribution >= 0.6 is 0 Å². The van der Waals surface area contributed by atoms with Gasteiger partial charge in [0, 0.05) is 37.8 Å². The minimum atomic E-state index is -0.577. The fraction of sp³-hybridized carbons (Fsp3) is 0.310. The highest BCUT2D eigenvalue weighted by molar-refractivity contribution is 6.13. The van der Waals surface area contributed by atoms with Crippen LogP contribution in [0.1, 0.15) is 52.9 Å². The molecule has 3 aliphatic rings. The summed E-state index contributed by atoms with van der Waals surface area (Å²) < 4.78 is 6.96. The summed E-state index contributed by atoms with van der Waals surface area (Å²) in [5.74, 6) is -0.852. The van der Waals surface area contributed by atoms with Gasteiger partial charge in [0.05, 0.1) is 5.41 Å². The Kier molecular flexibility index (Phi) is 6.07. The van der Waals surface area contributed by atoms with Crippen molar-refractivity contribution >= 4 is 34.7 Å². The molecule has 0 saturated carbocycles. The van der Waals surface area contributed by atoms with Crippen molar-refractivity contribution in [2.75, 3.05) is 23.8 Å². The number of carbonyl (C=O) groups is 3. The second kappa shape index (κ2) is 9.57. The number of aromatic nitrogens is 2. The first-order valence-electron chi connectivity index (χ1n) is 12.9. The quantitative estimate of drug-likeness (QED) is 0.464. The molecule has 3 aromatic rings. The Bertz CT molecular complexity index is 1480. The summed E-state index contributed by atoms with van der Waals surface area (Å²) >= 11 is 0. The first kappa shape index (κ1) is 24.1. The van der Waals surface area contributed by atoms with Gasteiger partial charge in [0.15, 0.2) is 0 Å². The molecule has 6 rings (SSSR count). The van der Waals surface area contributed by atoms with Crippen molar-refractivity contribution in [2.24, 2.45) is 7.05 Å². The lowest BCUT2D eigenvalue weighted by Gasteiger charge is -2.31. The van der Waals surface area contributed by atoms with Gasteiger partial charge in [-0.3, -0.25) is 19.1 Å². The van der Waals surface area contributed by atoms with Crippen LogP contribution in [0.2, 0.25) is 0 Å². The van der Waals surface area contributed by atoms with E-state index in [9.17, 15) is 14.4 Å². The molecule has 9 heteroatoms. The lowest BCUT2D eigenvalue weighted by Crippen LogP contribution is -2.39. The van der Waals surface area contributed by atoms with E-state index in [1.807, 2.05) is 30.3 Å². The number of fused-ring (bicyclic) bond motifs is 3. The number of benzene rings is 2. The molecule has 0 radical (unpaired) electrons. The summed E-state index contributed by atoms with van der Waals surface area (Å²) in [6, 6.07) is 15.1. The van der Waals surface area contributed by atoms with Crippen molar-refractivity contribution in [1.29, 1.82) is 0 Å². The zero-order chi connectivity index (χ0) is 26.3. The molecule has 3 N–H and O–H groups in total. The summed E-state index contributed by atoms with van der Waals surface area (Å²) in [6.07, 6.45) is 5.27. The molecular formula is C29H29N5O4. The Morgan fingerprint density at radius 3 is 2.68 bits per heavy atom. The fourth-order valence-electron chi connectivity index (χ4n) is 5.84. The van der Waals surface area contributed by atoms with Gasteiger partial charge in [0.25, 0.3) is 11.8 Å². The highest BCUT2D eigenvalue weighted by Gasteiger charge is 2.47. The minimum Gasteiger partial charge on any atom is -0.381 e. The summed E-state index contributed by atoms with van der Waals surface area (Å²) in [5, 5.41) is 12.9. The molecule has 0 bridgehead atoms. The summed E-state index contributed by atoms with van der Waals surface area (Å²) in [5.41, 5.74) is 5.08. The van der Waals surface area contributed by atoms with Gasteiger partial charge in [-0.15, -0.1) is 0 Å². The van der Waals surface area contributed by atoms with Crippen molar-refractivity contribution in [2.45, 2.75) is 37.5 Å². The van der Waals surface area contributed by atoms with Gasteiger partial charge in [-0.2, -0.15) is 5.10 Å². The number of aryl methyl sites for hydroxylation is 2. The zero-order valence-corrected chi connectivity index (χ0v) is 21.2.